The predicted octanol–water partition coefficient (Wildman–Crippen LogP) is 9.85. The molecule has 0 aliphatic carbocycles. The summed E-state index contributed by atoms with van der Waals surface area (Å²) >= 11 is 0. The molecule has 0 aromatic heterocycles. The Balaban J connectivity index is 1.46. The van der Waals surface area contributed by atoms with E-state index in [1.165, 1.54) is 76.2 Å². The first-order valence-corrected chi connectivity index (χ1v) is 18.6. The van der Waals surface area contributed by atoms with Crippen LogP contribution in [0.5, 0.6) is 23.0 Å². The molecule has 7 heteroatoms. The molecule has 0 amide bonds. The molecule has 2 aromatic rings. The average Bonchev–Trinajstić information content (AvgIpc) is 3.05. The zero-order valence-electron chi connectivity index (χ0n) is 31.8. The highest BCUT2D eigenvalue weighted by molar-refractivity contribution is 5.87. The van der Waals surface area contributed by atoms with E-state index in [9.17, 15) is 15.0 Å². The van der Waals surface area contributed by atoms with Gasteiger partial charge in [0.15, 0.2) is 11.5 Å². The lowest BCUT2D eigenvalue weighted by Gasteiger charge is -2.38. The van der Waals surface area contributed by atoms with E-state index in [1.54, 1.807) is 18.2 Å². The first-order valence-electron chi connectivity index (χ1n) is 18.6. The highest BCUT2D eigenvalue weighted by Crippen LogP contribution is 2.45. The maximum absolute atomic E-state index is 12.2. The van der Waals surface area contributed by atoms with E-state index in [0.717, 1.165) is 65.2 Å². The largest absolute Gasteiger partial charge is 0.504 e. The Labute approximate surface area is 296 Å². The number of methoxy groups -OCH3 is 1. The van der Waals surface area contributed by atoms with Crippen LogP contribution in [0.1, 0.15) is 127 Å². The molecule has 3 rings (SSSR count). The SMILES string of the molecule is COc1cc(/C=C/C(=O)OCC(O)COc2c(C)c(C)c3c(c2C)CCC(C)(CCCC(C)CCCC(C)CCCC(C)C)O3)ccc1O. The van der Waals surface area contributed by atoms with Crippen LogP contribution in [0.4, 0.5) is 0 Å². The Morgan fingerprint density at radius 1 is 0.939 bits per heavy atom. The van der Waals surface area contributed by atoms with Crippen LogP contribution in [0.15, 0.2) is 24.3 Å². The molecule has 7 nitrogen and oxygen atoms in total. The van der Waals surface area contributed by atoms with Gasteiger partial charge in [0.2, 0.25) is 0 Å². The highest BCUT2D eigenvalue weighted by Gasteiger charge is 2.34. The Bertz CT molecular complexity index is 1380. The number of phenols is 1. The van der Waals surface area contributed by atoms with E-state index >= 15 is 0 Å². The van der Waals surface area contributed by atoms with Gasteiger partial charge in [-0.3, -0.25) is 0 Å². The second-order valence-corrected chi connectivity index (χ2v) is 15.3. The summed E-state index contributed by atoms with van der Waals surface area (Å²) in [5.41, 5.74) is 4.80. The molecule has 1 aliphatic rings. The maximum Gasteiger partial charge on any atom is 0.330 e. The van der Waals surface area contributed by atoms with E-state index in [4.69, 9.17) is 18.9 Å². The number of carbonyl (C=O) groups is 1. The molecular formula is C42H64O7. The van der Waals surface area contributed by atoms with E-state index in [1.807, 2.05) is 6.92 Å². The van der Waals surface area contributed by atoms with Crippen LogP contribution in [-0.2, 0) is 16.0 Å². The number of esters is 1. The Hall–Kier alpha value is -3.19. The van der Waals surface area contributed by atoms with E-state index in [-0.39, 0.29) is 24.6 Å². The number of fused-ring (bicyclic) bond motifs is 1. The Morgan fingerprint density at radius 3 is 2.24 bits per heavy atom. The summed E-state index contributed by atoms with van der Waals surface area (Å²) in [5.74, 6) is 3.90. The second kappa shape index (κ2) is 19.3. The monoisotopic (exact) mass is 680 g/mol. The fourth-order valence-corrected chi connectivity index (χ4v) is 6.89. The van der Waals surface area contributed by atoms with Gasteiger partial charge in [0, 0.05) is 11.6 Å². The number of ether oxygens (including phenoxy) is 4. The van der Waals surface area contributed by atoms with Gasteiger partial charge < -0.3 is 29.2 Å². The summed E-state index contributed by atoms with van der Waals surface area (Å²) in [6.07, 6.45) is 15.3. The molecule has 274 valence electrons. The zero-order valence-corrected chi connectivity index (χ0v) is 31.8. The lowest BCUT2D eigenvalue weighted by molar-refractivity contribution is -0.141. The molecule has 2 N–H and O–H groups in total. The van der Waals surface area contributed by atoms with Gasteiger partial charge in [-0.25, -0.2) is 4.79 Å². The number of aliphatic hydroxyl groups is 1. The molecule has 0 saturated heterocycles. The second-order valence-electron chi connectivity index (χ2n) is 15.3. The molecule has 0 radical (unpaired) electrons. The van der Waals surface area contributed by atoms with Gasteiger partial charge in [-0.15, -0.1) is 0 Å². The van der Waals surface area contributed by atoms with Crippen molar-refractivity contribution < 1.29 is 34.0 Å². The van der Waals surface area contributed by atoms with Crippen LogP contribution in [0, 0.1) is 38.5 Å². The van der Waals surface area contributed by atoms with Crippen LogP contribution < -0.4 is 14.2 Å². The van der Waals surface area contributed by atoms with E-state index in [2.05, 4.69) is 48.5 Å². The van der Waals surface area contributed by atoms with Crippen molar-refractivity contribution in [3.05, 3.63) is 52.1 Å². The number of rotatable bonds is 20. The first kappa shape index (κ1) is 40.2. The third-order valence-corrected chi connectivity index (χ3v) is 10.3. The molecule has 4 atom stereocenters. The van der Waals surface area contributed by atoms with Crippen molar-refractivity contribution >= 4 is 12.0 Å². The number of aliphatic hydroxyl groups excluding tert-OH is 1. The van der Waals surface area contributed by atoms with Crippen molar-refractivity contribution in [3.63, 3.8) is 0 Å². The third kappa shape index (κ3) is 12.6. The molecule has 0 fully saturated rings. The number of hydrogen-bond donors (Lipinski definition) is 2. The number of hydrogen-bond acceptors (Lipinski definition) is 7. The van der Waals surface area contributed by atoms with Crippen molar-refractivity contribution in [3.8, 4) is 23.0 Å². The Kier molecular flexibility index (Phi) is 15.8. The summed E-state index contributed by atoms with van der Waals surface area (Å²) in [4.78, 5) is 12.2. The first-order chi connectivity index (χ1) is 23.2. The minimum absolute atomic E-state index is 0.000134. The predicted molar refractivity (Wildman–Crippen MR) is 199 cm³/mol. The fraction of sp³-hybridized carbons (Fsp3) is 0.643. The lowest BCUT2D eigenvalue weighted by atomic mass is 9.83. The lowest BCUT2D eigenvalue weighted by Crippen LogP contribution is -2.37. The van der Waals surface area contributed by atoms with Crippen LogP contribution in [0.3, 0.4) is 0 Å². The van der Waals surface area contributed by atoms with Crippen LogP contribution in [0.2, 0.25) is 0 Å². The molecule has 0 spiro atoms. The van der Waals surface area contributed by atoms with Gasteiger partial charge >= 0.3 is 5.97 Å². The summed E-state index contributed by atoms with van der Waals surface area (Å²) < 4.78 is 23.3. The van der Waals surface area contributed by atoms with Crippen LogP contribution in [-0.4, -0.2) is 48.2 Å². The van der Waals surface area contributed by atoms with Crippen molar-refractivity contribution in [2.45, 2.75) is 138 Å². The Morgan fingerprint density at radius 2 is 1.59 bits per heavy atom. The number of carbonyl (C=O) groups excluding carboxylic acids is 1. The minimum atomic E-state index is -0.985. The van der Waals surface area contributed by atoms with E-state index in [0.29, 0.717) is 11.3 Å². The quantitative estimate of drug-likeness (QED) is 0.106. The van der Waals surface area contributed by atoms with Gasteiger partial charge in [0.05, 0.1) is 7.11 Å². The number of aromatic hydroxyl groups is 1. The van der Waals surface area contributed by atoms with Crippen molar-refractivity contribution in [1.82, 2.24) is 0 Å². The van der Waals surface area contributed by atoms with Gasteiger partial charge in [0.1, 0.15) is 36.4 Å². The third-order valence-electron chi connectivity index (χ3n) is 10.3. The van der Waals surface area contributed by atoms with Crippen LogP contribution in [0.25, 0.3) is 6.08 Å². The van der Waals surface area contributed by atoms with Crippen molar-refractivity contribution in [1.29, 1.82) is 0 Å². The molecule has 1 aliphatic heterocycles. The van der Waals surface area contributed by atoms with Crippen molar-refractivity contribution in [2.75, 3.05) is 20.3 Å². The normalized spacial score (nSPS) is 17.8. The fourth-order valence-electron chi connectivity index (χ4n) is 6.89. The molecule has 0 bridgehead atoms. The number of phenolic OH excluding ortho intramolecular Hbond substituents is 1. The molecule has 0 saturated carbocycles. The minimum Gasteiger partial charge on any atom is -0.504 e. The van der Waals surface area contributed by atoms with Crippen LogP contribution >= 0.6 is 0 Å². The standard InChI is InChI=1S/C42H64O7/c1-28(2)13-10-14-29(3)15-11-16-30(4)17-12-23-42(8)24-22-36-33(7)40(31(5)32(6)41(36)49-42)48-27-35(43)26-47-39(45)21-19-34-18-20-37(44)38(25-34)46-9/h18-21,25,28-30,35,43-44H,10-17,22-24,26-27H2,1-9H3/b21-19+. The zero-order chi connectivity index (χ0) is 36.1. The average molecular weight is 681 g/mol. The maximum atomic E-state index is 12.2. The topological polar surface area (TPSA) is 94.5 Å². The van der Waals surface area contributed by atoms with E-state index < -0.39 is 12.1 Å². The summed E-state index contributed by atoms with van der Waals surface area (Å²) in [7, 11) is 1.46. The number of benzene rings is 2. The van der Waals surface area contributed by atoms with Gasteiger partial charge in [-0.05, 0) is 112 Å². The van der Waals surface area contributed by atoms with Gasteiger partial charge in [0.25, 0.3) is 0 Å². The smallest absolute Gasteiger partial charge is 0.330 e. The molecule has 1 heterocycles. The summed E-state index contributed by atoms with van der Waals surface area (Å²) in [6.45, 7) is 17.7. The van der Waals surface area contributed by atoms with Crippen molar-refractivity contribution in [2.24, 2.45) is 17.8 Å². The van der Waals surface area contributed by atoms with Gasteiger partial charge in [-0.1, -0.05) is 78.7 Å². The molecule has 4 unspecified atom stereocenters. The van der Waals surface area contributed by atoms with Gasteiger partial charge in [-0.2, -0.15) is 0 Å². The summed E-state index contributed by atoms with van der Waals surface area (Å²) in [5, 5.41) is 20.3. The summed E-state index contributed by atoms with van der Waals surface area (Å²) in [6, 6.07) is 4.75. The highest BCUT2D eigenvalue weighted by atomic mass is 16.5. The molecule has 49 heavy (non-hydrogen) atoms. The molecule has 2 aromatic carbocycles. The molecular weight excluding hydrogens is 616 g/mol.